The summed E-state index contributed by atoms with van der Waals surface area (Å²) in [5, 5.41) is 21.9. The summed E-state index contributed by atoms with van der Waals surface area (Å²) in [6.45, 7) is 3.84. The van der Waals surface area contributed by atoms with Gasteiger partial charge in [0.05, 0.1) is 24.7 Å². The van der Waals surface area contributed by atoms with Crippen LogP contribution in [0.15, 0.2) is 0 Å². The highest BCUT2D eigenvalue weighted by atomic mass is 32.2. The Morgan fingerprint density at radius 1 is 0.852 bits per heavy atom. The number of hydrogen-bond acceptors (Lipinski definition) is 8. The summed E-state index contributed by atoms with van der Waals surface area (Å²) >= 11 is 0. The van der Waals surface area contributed by atoms with Crippen molar-refractivity contribution in [2.75, 3.05) is 53.8 Å². The van der Waals surface area contributed by atoms with Gasteiger partial charge in [0.15, 0.2) is 0 Å². The van der Waals surface area contributed by atoms with Crippen LogP contribution in [-0.4, -0.2) is 119 Å². The molecule has 0 saturated heterocycles. The lowest BCUT2D eigenvalue weighted by atomic mass is 10.2. The first-order valence-electron chi connectivity index (χ1n) is 8.26. The van der Waals surface area contributed by atoms with Crippen molar-refractivity contribution < 1.29 is 27.0 Å². The maximum atomic E-state index is 11.1. The fourth-order valence-electron chi connectivity index (χ4n) is 1.56. The number of hydrogen-bond donors (Lipinski definition) is 3. The molecule has 2 unspecified atom stereocenters. The Hall–Kier alpha value is 0.0900. The second-order valence-corrected chi connectivity index (χ2v) is 11.4. The van der Waals surface area contributed by atoms with E-state index in [1.54, 1.807) is 6.92 Å². The summed E-state index contributed by atoms with van der Waals surface area (Å²) < 4.78 is 46.3. The molecule has 0 spiro atoms. The molecule has 0 aliphatic heterocycles. The number of nitrogens with zero attached hydrogens (tertiary/aromatic N) is 3. The predicted molar refractivity (Wildman–Crippen MR) is 112 cm³/mol. The third kappa shape index (κ3) is 13.0. The van der Waals surface area contributed by atoms with Gasteiger partial charge in [0.2, 0.25) is 20.0 Å². The molecule has 0 aliphatic rings. The van der Waals surface area contributed by atoms with Gasteiger partial charge in [-0.05, 0) is 27.9 Å². The lowest BCUT2D eigenvalue weighted by molar-refractivity contribution is 0.0733. The van der Waals surface area contributed by atoms with E-state index >= 15 is 0 Å². The molecule has 0 aromatic carbocycles. The van der Waals surface area contributed by atoms with E-state index in [2.05, 4.69) is 14.5 Å². The van der Waals surface area contributed by atoms with Gasteiger partial charge in [-0.1, -0.05) is 9.39 Å². The number of nitrogens with one attached hydrogen (secondary N) is 1. The van der Waals surface area contributed by atoms with E-state index < -0.39 is 32.3 Å². The summed E-state index contributed by atoms with van der Waals surface area (Å²) in [5.74, 6) is 0. The first-order valence-corrected chi connectivity index (χ1v) is 12.5. The quantitative estimate of drug-likeness (QED) is 0.331. The van der Waals surface area contributed by atoms with Crippen LogP contribution in [0.3, 0.4) is 0 Å². The van der Waals surface area contributed by atoms with Gasteiger partial charge in [-0.15, -0.1) is 0 Å². The van der Waals surface area contributed by atoms with Crippen LogP contribution < -0.4 is 5.09 Å². The number of aliphatic hydroxyl groups excluding tert-OH is 2. The predicted octanol–water partition coefficient (Wildman–Crippen LogP) is -1.80. The topological polar surface area (TPSA) is 130 Å². The van der Waals surface area contributed by atoms with E-state index in [0.717, 1.165) is 21.1 Å². The zero-order chi connectivity index (χ0) is 22.2. The van der Waals surface area contributed by atoms with Crippen molar-refractivity contribution in [3.63, 3.8) is 0 Å². The van der Waals surface area contributed by atoms with E-state index in [1.807, 2.05) is 25.9 Å². The standard InChI is InChI=1S/C8H20N2O3S.C6H17N2O3PS/c1-7(9(2)3)8(11)6-10(4)14(5,12)13;1-5(7-12)6(9)4-8(2)13(3,10)11/h7-8,11H,6H2,1-5H3;5-7,9H,4,12H2,1-3H3/t7-,8+;5?,6-/m01/s1. The lowest BCUT2D eigenvalue weighted by Crippen LogP contribution is -2.44. The Morgan fingerprint density at radius 2 is 1.19 bits per heavy atom. The van der Waals surface area contributed by atoms with Crippen LogP contribution in [0.4, 0.5) is 0 Å². The van der Waals surface area contributed by atoms with E-state index in [4.69, 9.17) is 0 Å². The molecule has 0 radical (unpaired) electrons. The molecule has 0 saturated carbocycles. The Bertz CT molecular complexity index is 617. The largest absolute Gasteiger partial charge is 0.390 e. The van der Waals surface area contributed by atoms with E-state index in [0.29, 0.717) is 0 Å². The van der Waals surface area contributed by atoms with Crippen LogP contribution in [-0.2, 0) is 20.0 Å². The third-order valence-corrected chi connectivity index (χ3v) is 7.32. The van der Waals surface area contributed by atoms with Crippen molar-refractivity contribution >= 4 is 29.4 Å². The summed E-state index contributed by atoms with van der Waals surface area (Å²) in [6, 6.07) is -0.228. The Kier molecular flexibility index (Phi) is 13.7. The zero-order valence-electron chi connectivity index (χ0n) is 17.5. The average molecular weight is 453 g/mol. The highest BCUT2D eigenvalue weighted by molar-refractivity contribution is 7.88. The van der Waals surface area contributed by atoms with Crippen molar-refractivity contribution in [3.05, 3.63) is 0 Å². The smallest absolute Gasteiger partial charge is 0.211 e. The molecule has 0 bridgehead atoms. The Balaban J connectivity index is 0. The van der Waals surface area contributed by atoms with Gasteiger partial charge >= 0.3 is 0 Å². The number of likely N-dealkylation sites (N-methyl/N-ethyl adjacent to an activating group) is 3. The molecule has 0 aromatic heterocycles. The van der Waals surface area contributed by atoms with Crippen LogP contribution in [0.2, 0.25) is 0 Å². The molecule has 3 N–H and O–H groups in total. The maximum Gasteiger partial charge on any atom is 0.211 e. The Labute approximate surface area is 167 Å². The second-order valence-electron chi connectivity index (χ2n) is 6.88. The minimum Gasteiger partial charge on any atom is -0.390 e. The molecule has 5 atom stereocenters. The molecule has 0 amide bonds. The normalized spacial score (nSPS) is 17.4. The monoisotopic (exact) mass is 452 g/mol. The van der Waals surface area contributed by atoms with E-state index in [9.17, 15) is 27.0 Å². The van der Waals surface area contributed by atoms with Gasteiger partial charge in [-0.25, -0.2) is 25.4 Å². The number of rotatable bonds is 10. The fourth-order valence-corrected chi connectivity index (χ4v) is 2.63. The van der Waals surface area contributed by atoms with Crippen molar-refractivity contribution in [2.45, 2.75) is 38.1 Å². The highest BCUT2D eigenvalue weighted by Gasteiger charge is 2.21. The molecule has 166 valence electrons. The SMILES string of the molecule is CC(NP)[C@H](O)CN(C)S(C)(=O)=O.C[C@@H]([C@H](O)CN(C)S(C)(=O)=O)N(C)C. The molecule has 13 heteroatoms. The van der Waals surface area contributed by atoms with Crippen molar-refractivity contribution in [1.82, 2.24) is 18.6 Å². The number of sulfonamides is 2. The van der Waals surface area contributed by atoms with Crippen LogP contribution in [0, 0.1) is 0 Å². The molecule has 0 fully saturated rings. The molecular formula is C14H37N4O6PS2. The van der Waals surface area contributed by atoms with E-state index in [1.165, 1.54) is 14.1 Å². The summed E-state index contributed by atoms with van der Waals surface area (Å²) in [4.78, 5) is 1.85. The van der Waals surface area contributed by atoms with Gasteiger partial charge < -0.3 is 15.1 Å². The lowest BCUT2D eigenvalue weighted by Gasteiger charge is -2.27. The molecule has 0 heterocycles. The summed E-state index contributed by atoms with van der Waals surface area (Å²) in [6.07, 6.45) is 0.848. The van der Waals surface area contributed by atoms with Gasteiger partial charge in [-0.2, -0.15) is 0 Å². The van der Waals surface area contributed by atoms with Gasteiger partial charge in [-0.3, -0.25) is 5.09 Å². The first-order chi connectivity index (χ1) is 11.9. The van der Waals surface area contributed by atoms with Crippen molar-refractivity contribution in [1.29, 1.82) is 0 Å². The third-order valence-electron chi connectivity index (χ3n) is 4.23. The first kappa shape index (κ1) is 29.3. The molecule has 0 aromatic rings. The minimum atomic E-state index is -3.20. The maximum absolute atomic E-state index is 11.1. The fraction of sp³-hybridized carbons (Fsp3) is 1.00. The summed E-state index contributed by atoms with van der Waals surface area (Å²) in [7, 11) is 2.45. The van der Waals surface area contributed by atoms with E-state index in [-0.39, 0.29) is 25.2 Å². The molecule has 0 rings (SSSR count). The van der Waals surface area contributed by atoms with Gasteiger partial charge in [0.1, 0.15) is 0 Å². The van der Waals surface area contributed by atoms with Crippen LogP contribution in [0.25, 0.3) is 0 Å². The number of aliphatic hydroxyl groups is 2. The van der Waals surface area contributed by atoms with Crippen LogP contribution in [0.5, 0.6) is 0 Å². The van der Waals surface area contributed by atoms with Crippen LogP contribution >= 0.6 is 9.39 Å². The van der Waals surface area contributed by atoms with Crippen molar-refractivity contribution in [3.8, 4) is 0 Å². The minimum absolute atomic E-state index is 0.0702. The Morgan fingerprint density at radius 3 is 1.44 bits per heavy atom. The van der Waals surface area contributed by atoms with Crippen LogP contribution in [0.1, 0.15) is 13.8 Å². The summed E-state index contributed by atoms with van der Waals surface area (Å²) in [5.41, 5.74) is 0. The average Bonchev–Trinajstić information content (AvgIpc) is 2.51. The molecular weight excluding hydrogens is 415 g/mol. The van der Waals surface area contributed by atoms with Gasteiger partial charge in [0, 0.05) is 39.3 Å². The second kappa shape index (κ2) is 12.6. The zero-order valence-corrected chi connectivity index (χ0v) is 20.3. The van der Waals surface area contributed by atoms with Gasteiger partial charge in [0.25, 0.3) is 0 Å². The highest BCUT2D eigenvalue weighted by Crippen LogP contribution is 2.04. The molecule has 27 heavy (non-hydrogen) atoms. The van der Waals surface area contributed by atoms with Crippen molar-refractivity contribution in [2.24, 2.45) is 0 Å². The molecule has 0 aliphatic carbocycles. The molecule has 10 nitrogen and oxygen atoms in total.